The molecule has 1 atom stereocenters. The summed E-state index contributed by atoms with van der Waals surface area (Å²) in [5.74, 6) is -1.06. The van der Waals surface area contributed by atoms with Crippen LogP contribution >= 0.6 is 11.3 Å². The molecular weight excluding hydrogens is 351 g/mol. The van der Waals surface area contributed by atoms with Crippen LogP contribution in [0.25, 0.3) is 10.1 Å². The highest BCUT2D eigenvalue weighted by molar-refractivity contribution is 7.89. The van der Waals surface area contributed by atoms with Crippen molar-refractivity contribution in [1.29, 1.82) is 0 Å². The molecule has 0 saturated heterocycles. The molecule has 0 aliphatic heterocycles. The van der Waals surface area contributed by atoms with Gasteiger partial charge in [0, 0.05) is 16.1 Å². The molecule has 0 bridgehead atoms. The second-order valence-corrected chi connectivity index (χ2v) is 8.44. The molecule has 0 spiro atoms. The van der Waals surface area contributed by atoms with Crippen molar-refractivity contribution in [3.05, 3.63) is 35.2 Å². The second kappa shape index (κ2) is 6.39. The first-order valence-corrected chi connectivity index (χ1v) is 9.21. The highest BCUT2D eigenvalue weighted by Gasteiger charge is 2.32. The number of benzene rings is 1. The Kier molecular flexibility index (Phi) is 5.05. The van der Waals surface area contributed by atoms with Crippen molar-refractivity contribution < 1.29 is 26.7 Å². The van der Waals surface area contributed by atoms with E-state index in [2.05, 4.69) is 0 Å². The lowest BCUT2D eigenvalue weighted by Gasteiger charge is -2.22. The third-order valence-electron chi connectivity index (χ3n) is 3.25. The first kappa shape index (κ1) is 18.2. The molecule has 128 valence electrons. The molecule has 9 heteroatoms. The summed E-state index contributed by atoms with van der Waals surface area (Å²) in [5, 5.41) is 11.3. The first-order valence-electron chi connectivity index (χ1n) is 6.74. The number of nitrogens with one attached hydrogen (secondary N) is 1. The van der Waals surface area contributed by atoms with E-state index in [1.165, 1.54) is 18.3 Å². The van der Waals surface area contributed by atoms with Gasteiger partial charge in [0.25, 0.3) is 0 Å². The minimum atomic E-state index is -4.54. The fourth-order valence-electron chi connectivity index (χ4n) is 1.91. The van der Waals surface area contributed by atoms with E-state index in [0.717, 1.165) is 10.1 Å². The number of hydrogen-bond donors (Lipinski definition) is 2. The zero-order valence-electron chi connectivity index (χ0n) is 12.2. The summed E-state index contributed by atoms with van der Waals surface area (Å²) < 4.78 is 62.5. The van der Waals surface area contributed by atoms with Gasteiger partial charge in [0.2, 0.25) is 10.0 Å². The zero-order chi connectivity index (χ0) is 17.3. The van der Waals surface area contributed by atoms with E-state index < -0.39 is 34.0 Å². The molecule has 0 aliphatic rings. The number of sulfonamides is 1. The van der Waals surface area contributed by atoms with E-state index >= 15 is 0 Å². The molecule has 2 N–H and O–H groups in total. The molecule has 0 radical (unpaired) electrons. The molecule has 1 unspecified atom stereocenters. The van der Waals surface area contributed by atoms with E-state index in [1.54, 1.807) is 6.07 Å². The standard InChI is InChI=1S/C14H16F3NO3S2/c1-13(19,9-18-23(20,21)7-6-14(15,16)17)12-8-10-4-2-3-5-11(10)22-12/h2-5,8,18-19H,6-7,9H2,1H3. The highest BCUT2D eigenvalue weighted by Crippen LogP contribution is 2.33. The van der Waals surface area contributed by atoms with Gasteiger partial charge in [-0.2, -0.15) is 13.2 Å². The largest absolute Gasteiger partial charge is 0.390 e. The van der Waals surface area contributed by atoms with Crippen LogP contribution in [0.4, 0.5) is 13.2 Å². The van der Waals surface area contributed by atoms with Crippen molar-refractivity contribution in [1.82, 2.24) is 4.72 Å². The summed E-state index contributed by atoms with van der Waals surface area (Å²) in [6.45, 7) is 1.03. The third kappa shape index (κ3) is 5.17. The van der Waals surface area contributed by atoms with Crippen LogP contribution < -0.4 is 4.72 Å². The fourth-order valence-corrected chi connectivity index (χ4v) is 4.16. The van der Waals surface area contributed by atoms with Gasteiger partial charge in [-0.3, -0.25) is 0 Å². The predicted octanol–water partition coefficient (Wildman–Crippen LogP) is 2.98. The Labute approximate surface area is 136 Å². The molecule has 2 aromatic rings. The normalized spacial score (nSPS) is 15.7. The van der Waals surface area contributed by atoms with Gasteiger partial charge in [0.15, 0.2) is 0 Å². The van der Waals surface area contributed by atoms with E-state index in [1.807, 2.05) is 29.0 Å². The van der Waals surface area contributed by atoms with Crippen molar-refractivity contribution in [2.75, 3.05) is 12.3 Å². The molecule has 0 aliphatic carbocycles. The van der Waals surface area contributed by atoms with E-state index in [0.29, 0.717) is 4.88 Å². The molecule has 0 fully saturated rings. The van der Waals surface area contributed by atoms with Crippen LogP contribution in [0.5, 0.6) is 0 Å². The van der Waals surface area contributed by atoms with Crippen LogP contribution in [0.1, 0.15) is 18.2 Å². The number of fused-ring (bicyclic) bond motifs is 1. The van der Waals surface area contributed by atoms with Crippen LogP contribution in [0.2, 0.25) is 0 Å². The monoisotopic (exact) mass is 367 g/mol. The minimum Gasteiger partial charge on any atom is -0.383 e. The summed E-state index contributed by atoms with van der Waals surface area (Å²) in [6, 6.07) is 9.15. The van der Waals surface area contributed by atoms with Gasteiger partial charge in [0.1, 0.15) is 5.60 Å². The summed E-state index contributed by atoms with van der Waals surface area (Å²) >= 11 is 1.31. The van der Waals surface area contributed by atoms with Crippen LogP contribution in [0.15, 0.2) is 30.3 Å². The predicted molar refractivity (Wildman–Crippen MR) is 83.9 cm³/mol. The zero-order valence-corrected chi connectivity index (χ0v) is 13.9. The lowest BCUT2D eigenvalue weighted by atomic mass is 10.1. The lowest BCUT2D eigenvalue weighted by Crippen LogP contribution is -2.39. The fraction of sp³-hybridized carbons (Fsp3) is 0.429. The summed E-state index contributed by atoms with van der Waals surface area (Å²) in [6.07, 6.45) is -5.96. The molecule has 23 heavy (non-hydrogen) atoms. The Morgan fingerprint density at radius 3 is 2.52 bits per heavy atom. The summed E-state index contributed by atoms with van der Waals surface area (Å²) in [5.41, 5.74) is -1.50. The van der Waals surface area contributed by atoms with Gasteiger partial charge < -0.3 is 5.11 Å². The maximum Gasteiger partial charge on any atom is 0.390 e. The molecule has 1 aromatic carbocycles. The van der Waals surface area contributed by atoms with Crippen molar-refractivity contribution in [2.45, 2.75) is 25.1 Å². The summed E-state index contributed by atoms with van der Waals surface area (Å²) in [4.78, 5) is 0.539. The van der Waals surface area contributed by atoms with Gasteiger partial charge >= 0.3 is 6.18 Å². The first-order chi connectivity index (χ1) is 10.5. The average molecular weight is 367 g/mol. The number of rotatable bonds is 6. The molecule has 2 rings (SSSR count). The van der Waals surface area contributed by atoms with Crippen molar-refractivity contribution in [2.24, 2.45) is 0 Å². The van der Waals surface area contributed by atoms with E-state index in [4.69, 9.17) is 0 Å². The number of aliphatic hydroxyl groups is 1. The topological polar surface area (TPSA) is 66.4 Å². The molecule has 1 aromatic heterocycles. The Balaban J connectivity index is 2.06. The SMILES string of the molecule is CC(O)(CNS(=O)(=O)CCC(F)(F)F)c1cc2ccccc2s1. The minimum absolute atomic E-state index is 0.389. The van der Waals surface area contributed by atoms with E-state index in [-0.39, 0.29) is 6.54 Å². The molecule has 0 amide bonds. The van der Waals surface area contributed by atoms with Crippen LogP contribution in [-0.2, 0) is 15.6 Å². The van der Waals surface area contributed by atoms with Gasteiger partial charge in [0.05, 0.1) is 12.2 Å². The molecule has 4 nitrogen and oxygen atoms in total. The van der Waals surface area contributed by atoms with E-state index in [9.17, 15) is 26.7 Å². The van der Waals surface area contributed by atoms with Crippen molar-refractivity contribution in [3.63, 3.8) is 0 Å². The number of thiophene rings is 1. The van der Waals surface area contributed by atoms with Crippen LogP contribution in [-0.4, -0.2) is 32.0 Å². The number of halogens is 3. The molecule has 1 heterocycles. The number of hydrogen-bond acceptors (Lipinski definition) is 4. The van der Waals surface area contributed by atoms with Crippen LogP contribution in [0.3, 0.4) is 0 Å². The Morgan fingerprint density at radius 2 is 1.91 bits per heavy atom. The smallest absolute Gasteiger partial charge is 0.383 e. The van der Waals surface area contributed by atoms with Gasteiger partial charge in [-0.25, -0.2) is 13.1 Å². The van der Waals surface area contributed by atoms with Gasteiger partial charge in [-0.1, -0.05) is 18.2 Å². The number of alkyl halides is 3. The highest BCUT2D eigenvalue weighted by atomic mass is 32.2. The maximum absolute atomic E-state index is 12.1. The third-order valence-corrected chi connectivity index (χ3v) is 5.94. The molecule has 0 saturated carbocycles. The quantitative estimate of drug-likeness (QED) is 0.825. The Bertz CT molecular complexity index is 749. The molecular formula is C14H16F3NO3S2. The second-order valence-electron chi connectivity index (χ2n) is 5.43. The Morgan fingerprint density at radius 1 is 1.26 bits per heavy atom. The lowest BCUT2D eigenvalue weighted by molar-refractivity contribution is -0.129. The van der Waals surface area contributed by atoms with Crippen LogP contribution in [0, 0.1) is 0 Å². The van der Waals surface area contributed by atoms with Crippen molar-refractivity contribution in [3.8, 4) is 0 Å². The Hall–Kier alpha value is -1.16. The van der Waals surface area contributed by atoms with Crippen molar-refractivity contribution >= 4 is 31.4 Å². The average Bonchev–Trinajstić information content (AvgIpc) is 2.88. The van der Waals surface area contributed by atoms with Gasteiger partial charge in [-0.05, 0) is 24.4 Å². The maximum atomic E-state index is 12.1. The summed E-state index contributed by atoms with van der Waals surface area (Å²) in [7, 11) is -4.11. The van der Waals surface area contributed by atoms with Gasteiger partial charge in [-0.15, -0.1) is 11.3 Å².